The molecule has 6 heteroatoms. The fraction of sp³-hybridized carbons (Fsp3) is 0.143. The summed E-state index contributed by atoms with van der Waals surface area (Å²) in [5.41, 5.74) is 5.65. The molecule has 0 saturated heterocycles. The minimum Gasteiger partial charge on any atom is -0.448 e. The molecule has 0 aromatic heterocycles. The first kappa shape index (κ1) is 14.3. The highest BCUT2D eigenvalue weighted by Gasteiger charge is 2.17. The number of rotatable bonds is 4. The lowest BCUT2D eigenvalue weighted by Gasteiger charge is -2.10. The fourth-order valence-corrected chi connectivity index (χ4v) is 1.69. The van der Waals surface area contributed by atoms with Crippen LogP contribution in [0.1, 0.15) is 5.56 Å². The van der Waals surface area contributed by atoms with Crippen molar-refractivity contribution in [1.82, 2.24) is 0 Å². The maximum Gasteiger partial charge on any atom is 0.201 e. The highest BCUT2D eigenvalue weighted by Crippen LogP contribution is 2.31. The van der Waals surface area contributed by atoms with Gasteiger partial charge in [0.1, 0.15) is 0 Å². The van der Waals surface area contributed by atoms with Gasteiger partial charge in [-0.15, -0.1) is 0 Å². The van der Waals surface area contributed by atoms with Crippen LogP contribution in [-0.2, 0) is 6.42 Å². The van der Waals surface area contributed by atoms with Gasteiger partial charge in [-0.2, -0.15) is 4.39 Å². The Morgan fingerprint density at radius 2 is 1.60 bits per heavy atom. The second-order valence-electron chi connectivity index (χ2n) is 4.08. The van der Waals surface area contributed by atoms with Crippen molar-refractivity contribution < 1.29 is 22.3 Å². The first-order valence-electron chi connectivity index (χ1n) is 5.82. The van der Waals surface area contributed by atoms with Crippen LogP contribution in [0.5, 0.6) is 11.5 Å². The number of hydrogen-bond acceptors (Lipinski definition) is 2. The van der Waals surface area contributed by atoms with E-state index in [9.17, 15) is 17.6 Å². The Kier molecular flexibility index (Phi) is 4.24. The molecule has 0 bridgehead atoms. The molecule has 2 nitrogen and oxygen atoms in total. The van der Waals surface area contributed by atoms with Crippen LogP contribution in [0, 0.1) is 23.3 Å². The summed E-state index contributed by atoms with van der Waals surface area (Å²) in [5.74, 6) is -5.85. The molecule has 0 heterocycles. The van der Waals surface area contributed by atoms with Gasteiger partial charge < -0.3 is 10.5 Å². The van der Waals surface area contributed by atoms with E-state index in [0.717, 1.165) is 24.3 Å². The van der Waals surface area contributed by atoms with E-state index in [1.807, 2.05) is 0 Å². The van der Waals surface area contributed by atoms with Crippen LogP contribution < -0.4 is 10.5 Å². The molecule has 0 amide bonds. The van der Waals surface area contributed by atoms with Crippen molar-refractivity contribution in [3.63, 3.8) is 0 Å². The van der Waals surface area contributed by atoms with E-state index >= 15 is 0 Å². The number of ether oxygens (including phenoxy) is 1. The van der Waals surface area contributed by atoms with Crippen molar-refractivity contribution in [2.24, 2.45) is 5.73 Å². The summed E-state index contributed by atoms with van der Waals surface area (Å²) >= 11 is 0. The molecule has 0 unspecified atom stereocenters. The quantitative estimate of drug-likeness (QED) is 0.872. The zero-order valence-electron chi connectivity index (χ0n) is 10.3. The fourth-order valence-electron chi connectivity index (χ4n) is 1.69. The van der Waals surface area contributed by atoms with Gasteiger partial charge in [-0.25, -0.2) is 13.2 Å². The van der Waals surface area contributed by atoms with E-state index in [2.05, 4.69) is 0 Å². The molecule has 0 atom stereocenters. The standard InChI is InChI=1S/C14H11F4NO/c15-9-2-1-3-12(13(9)18)20-14-10(16)6-8(4-5-19)7-11(14)17/h1-3,6-7H,4-5,19H2. The summed E-state index contributed by atoms with van der Waals surface area (Å²) in [6.07, 6.45) is 0.294. The second kappa shape index (κ2) is 5.92. The smallest absolute Gasteiger partial charge is 0.201 e. The Bertz CT molecular complexity index is 608. The first-order chi connectivity index (χ1) is 9.52. The number of hydrogen-bond donors (Lipinski definition) is 1. The van der Waals surface area contributed by atoms with E-state index in [0.29, 0.717) is 12.0 Å². The predicted molar refractivity (Wildman–Crippen MR) is 65.5 cm³/mol. The van der Waals surface area contributed by atoms with E-state index < -0.39 is 34.8 Å². The van der Waals surface area contributed by atoms with Gasteiger partial charge in [-0.1, -0.05) is 6.07 Å². The zero-order chi connectivity index (χ0) is 14.7. The predicted octanol–water partition coefficient (Wildman–Crippen LogP) is 3.54. The molecule has 0 spiro atoms. The second-order valence-corrected chi connectivity index (χ2v) is 4.08. The Hall–Kier alpha value is -2.08. The number of nitrogens with two attached hydrogens (primary N) is 1. The maximum absolute atomic E-state index is 13.7. The lowest BCUT2D eigenvalue weighted by atomic mass is 10.1. The van der Waals surface area contributed by atoms with Gasteiger partial charge in [0, 0.05) is 0 Å². The zero-order valence-corrected chi connectivity index (χ0v) is 10.3. The molecule has 0 fully saturated rings. The van der Waals surface area contributed by atoms with Crippen molar-refractivity contribution in [3.05, 3.63) is 59.2 Å². The monoisotopic (exact) mass is 285 g/mol. The highest BCUT2D eigenvalue weighted by atomic mass is 19.2. The lowest BCUT2D eigenvalue weighted by molar-refractivity contribution is 0.375. The Labute approximate surface area is 112 Å². The molecule has 20 heavy (non-hydrogen) atoms. The lowest BCUT2D eigenvalue weighted by Crippen LogP contribution is -2.04. The van der Waals surface area contributed by atoms with Crippen molar-refractivity contribution in [2.45, 2.75) is 6.42 Å². The summed E-state index contributed by atoms with van der Waals surface area (Å²) < 4.78 is 58.6. The molecule has 0 radical (unpaired) electrons. The average Bonchev–Trinajstić information content (AvgIpc) is 2.39. The van der Waals surface area contributed by atoms with E-state index in [1.165, 1.54) is 6.07 Å². The van der Waals surface area contributed by atoms with Crippen LogP contribution in [0.15, 0.2) is 30.3 Å². The summed E-state index contributed by atoms with van der Waals surface area (Å²) in [6.45, 7) is 0.234. The third-order valence-corrected chi connectivity index (χ3v) is 2.62. The summed E-state index contributed by atoms with van der Waals surface area (Å²) in [7, 11) is 0. The van der Waals surface area contributed by atoms with Gasteiger partial charge in [0.2, 0.25) is 5.82 Å². The van der Waals surface area contributed by atoms with Gasteiger partial charge in [-0.05, 0) is 42.8 Å². The normalized spacial score (nSPS) is 10.7. The van der Waals surface area contributed by atoms with Gasteiger partial charge >= 0.3 is 0 Å². The third kappa shape index (κ3) is 2.91. The molecule has 2 aromatic rings. The highest BCUT2D eigenvalue weighted by molar-refractivity contribution is 5.36. The molecule has 2 N–H and O–H groups in total. The van der Waals surface area contributed by atoms with E-state index in [-0.39, 0.29) is 6.54 Å². The van der Waals surface area contributed by atoms with Gasteiger partial charge in [0.15, 0.2) is 29.0 Å². The summed E-state index contributed by atoms with van der Waals surface area (Å²) in [4.78, 5) is 0. The summed E-state index contributed by atoms with van der Waals surface area (Å²) in [6, 6.07) is 5.21. The average molecular weight is 285 g/mol. The molecule has 0 saturated carbocycles. The van der Waals surface area contributed by atoms with E-state index in [4.69, 9.17) is 10.5 Å². The van der Waals surface area contributed by atoms with E-state index in [1.54, 1.807) is 0 Å². The molecule has 2 rings (SSSR count). The Morgan fingerprint density at radius 3 is 2.20 bits per heavy atom. The van der Waals surface area contributed by atoms with Crippen LogP contribution in [0.2, 0.25) is 0 Å². The van der Waals surface area contributed by atoms with Crippen LogP contribution in [0.4, 0.5) is 17.6 Å². The Morgan fingerprint density at radius 1 is 0.950 bits per heavy atom. The Balaban J connectivity index is 2.36. The number of benzene rings is 2. The molecule has 106 valence electrons. The van der Waals surface area contributed by atoms with Gasteiger partial charge in [0.25, 0.3) is 0 Å². The SMILES string of the molecule is NCCc1cc(F)c(Oc2cccc(F)c2F)c(F)c1. The minimum atomic E-state index is -1.31. The molecule has 0 aliphatic heterocycles. The van der Waals surface area contributed by atoms with Crippen LogP contribution in [0.3, 0.4) is 0 Å². The molecular formula is C14H11F4NO. The largest absolute Gasteiger partial charge is 0.448 e. The van der Waals surface area contributed by atoms with Crippen LogP contribution in [-0.4, -0.2) is 6.54 Å². The van der Waals surface area contributed by atoms with Crippen LogP contribution >= 0.6 is 0 Å². The van der Waals surface area contributed by atoms with Crippen molar-refractivity contribution in [1.29, 1.82) is 0 Å². The topological polar surface area (TPSA) is 35.2 Å². The van der Waals surface area contributed by atoms with Crippen LogP contribution in [0.25, 0.3) is 0 Å². The molecule has 0 aliphatic rings. The third-order valence-electron chi connectivity index (χ3n) is 2.62. The first-order valence-corrected chi connectivity index (χ1v) is 5.82. The maximum atomic E-state index is 13.7. The van der Waals surface area contributed by atoms with Gasteiger partial charge in [0.05, 0.1) is 0 Å². The molecule has 2 aromatic carbocycles. The number of halogens is 4. The van der Waals surface area contributed by atoms with Crippen molar-refractivity contribution >= 4 is 0 Å². The van der Waals surface area contributed by atoms with Gasteiger partial charge in [-0.3, -0.25) is 0 Å². The summed E-state index contributed by atoms with van der Waals surface area (Å²) in [5, 5.41) is 0. The van der Waals surface area contributed by atoms with Crippen molar-refractivity contribution in [2.75, 3.05) is 6.54 Å². The molecular weight excluding hydrogens is 274 g/mol. The minimum absolute atomic E-state index is 0.234. The molecule has 0 aliphatic carbocycles. The van der Waals surface area contributed by atoms with Crippen molar-refractivity contribution in [3.8, 4) is 11.5 Å².